The average Bonchev–Trinajstić information content (AvgIpc) is 2.48. The Hall–Kier alpha value is -0.850. The Kier molecular flexibility index (Phi) is 10.4. The van der Waals surface area contributed by atoms with Gasteiger partial charge in [0.15, 0.2) is 0 Å². The summed E-state index contributed by atoms with van der Waals surface area (Å²) in [5.41, 5.74) is 8.00. The number of nitrogens with two attached hydrogens (primary N) is 1. The van der Waals surface area contributed by atoms with Crippen LogP contribution in [0.4, 0.5) is 0 Å². The molecule has 1 aliphatic rings. The lowest BCUT2D eigenvalue weighted by Crippen LogP contribution is -2.46. The third-order valence-corrected chi connectivity index (χ3v) is 3.75. The molecule has 1 unspecified atom stereocenters. The number of hydrogen-bond acceptors (Lipinski definition) is 4. The van der Waals surface area contributed by atoms with Crippen molar-refractivity contribution in [3.05, 3.63) is 35.4 Å². The van der Waals surface area contributed by atoms with Gasteiger partial charge in [0.05, 0.1) is 25.3 Å². The molecule has 1 amide bonds. The lowest BCUT2D eigenvalue weighted by Gasteiger charge is -2.31. The van der Waals surface area contributed by atoms with Crippen LogP contribution in [0.3, 0.4) is 0 Å². The van der Waals surface area contributed by atoms with Crippen molar-refractivity contribution >= 4 is 30.7 Å². The molecule has 0 saturated carbocycles. The number of carbonyl (C=O) groups is 1. The van der Waals surface area contributed by atoms with Crippen LogP contribution in [0, 0.1) is 6.92 Å². The van der Waals surface area contributed by atoms with Crippen LogP contribution in [-0.4, -0.2) is 49.7 Å². The first-order valence-corrected chi connectivity index (χ1v) is 7.49. The molecule has 1 aromatic carbocycles. The zero-order chi connectivity index (χ0) is 15.2. The van der Waals surface area contributed by atoms with Gasteiger partial charge in [-0.1, -0.05) is 29.8 Å². The van der Waals surface area contributed by atoms with Gasteiger partial charge in [0.25, 0.3) is 0 Å². The fourth-order valence-corrected chi connectivity index (χ4v) is 2.38. The summed E-state index contributed by atoms with van der Waals surface area (Å²) >= 11 is 0. The van der Waals surface area contributed by atoms with Gasteiger partial charge in [-0.2, -0.15) is 0 Å². The molecule has 1 saturated heterocycles. The van der Waals surface area contributed by atoms with E-state index in [-0.39, 0.29) is 36.8 Å². The summed E-state index contributed by atoms with van der Waals surface area (Å²) < 4.78 is 5.37. The zero-order valence-electron chi connectivity index (χ0n) is 13.7. The van der Waals surface area contributed by atoms with Crippen LogP contribution in [0.25, 0.3) is 0 Å². The monoisotopic (exact) mass is 363 g/mol. The molecule has 5 nitrogen and oxygen atoms in total. The van der Waals surface area contributed by atoms with E-state index in [0.29, 0.717) is 0 Å². The molecule has 23 heavy (non-hydrogen) atoms. The van der Waals surface area contributed by atoms with Gasteiger partial charge in [-0.15, -0.1) is 24.8 Å². The second-order valence-corrected chi connectivity index (χ2v) is 5.67. The number of benzene rings is 1. The van der Waals surface area contributed by atoms with E-state index in [9.17, 15) is 4.79 Å². The first-order valence-electron chi connectivity index (χ1n) is 7.49. The van der Waals surface area contributed by atoms with Crippen molar-refractivity contribution < 1.29 is 9.53 Å². The van der Waals surface area contributed by atoms with E-state index in [1.807, 2.05) is 0 Å². The molecular formula is C16H27Cl2N3O2. The van der Waals surface area contributed by atoms with Crippen LogP contribution in [0.1, 0.15) is 24.1 Å². The molecule has 3 N–H and O–H groups in total. The second-order valence-electron chi connectivity index (χ2n) is 5.67. The molecule has 0 bridgehead atoms. The standard InChI is InChI=1S/C16H25N3O2.2ClH/c1-12-3-5-14(6-4-12)15(18-16(20)13(2)17)11-19-7-9-21-10-8-19;;/h3-6,13,15H,7-11,17H2,1-2H3,(H,18,20);2*1H/t13-,15?;;/m1../s1. The minimum Gasteiger partial charge on any atom is -0.379 e. The van der Waals surface area contributed by atoms with Crippen LogP contribution in [-0.2, 0) is 9.53 Å². The number of halogens is 2. The molecular weight excluding hydrogens is 337 g/mol. The molecule has 1 aromatic rings. The topological polar surface area (TPSA) is 67.6 Å². The fraction of sp³-hybridized carbons (Fsp3) is 0.562. The Morgan fingerprint density at radius 2 is 1.83 bits per heavy atom. The maximum absolute atomic E-state index is 12.0. The highest BCUT2D eigenvalue weighted by Gasteiger charge is 2.21. The minimum absolute atomic E-state index is 0. The third kappa shape index (κ3) is 7.06. The Bertz CT molecular complexity index is 463. The number of nitrogens with zero attached hydrogens (tertiary/aromatic N) is 1. The van der Waals surface area contributed by atoms with Crippen molar-refractivity contribution in [3.8, 4) is 0 Å². The number of ether oxygens (including phenoxy) is 1. The molecule has 0 radical (unpaired) electrons. The average molecular weight is 364 g/mol. The van der Waals surface area contributed by atoms with Gasteiger partial charge >= 0.3 is 0 Å². The largest absolute Gasteiger partial charge is 0.379 e. The van der Waals surface area contributed by atoms with E-state index in [2.05, 4.69) is 41.4 Å². The van der Waals surface area contributed by atoms with Gasteiger partial charge in [-0.05, 0) is 19.4 Å². The summed E-state index contributed by atoms with van der Waals surface area (Å²) in [5.74, 6) is -0.117. The molecule has 1 heterocycles. The molecule has 132 valence electrons. The number of amides is 1. The molecule has 1 aliphatic heterocycles. The van der Waals surface area contributed by atoms with E-state index in [1.165, 1.54) is 5.56 Å². The zero-order valence-corrected chi connectivity index (χ0v) is 15.3. The normalized spacial score (nSPS) is 17.3. The number of nitrogens with one attached hydrogen (secondary N) is 1. The highest BCUT2D eigenvalue weighted by Crippen LogP contribution is 2.16. The van der Waals surface area contributed by atoms with Crippen molar-refractivity contribution in [2.45, 2.75) is 25.9 Å². The third-order valence-electron chi connectivity index (χ3n) is 3.75. The van der Waals surface area contributed by atoms with Gasteiger partial charge in [0.2, 0.25) is 5.91 Å². The van der Waals surface area contributed by atoms with Gasteiger partial charge in [0.1, 0.15) is 0 Å². The second kappa shape index (κ2) is 10.8. The Morgan fingerprint density at radius 1 is 1.26 bits per heavy atom. The van der Waals surface area contributed by atoms with E-state index in [0.717, 1.165) is 38.4 Å². The molecule has 2 rings (SSSR count). The first-order chi connectivity index (χ1) is 10.1. The fourth-order valence-electron chi connectivity index (χ4n) is 2.38. The number of aryl methyl sites for hydroxylation is 1. The summed E-state index contributed by atoms with van der Waals surface area (Å²) in [6.07, 6.45) is 0. The lowest BCUT2D eigenvalue weighted by molar-refractivity contribution is -0.123. The number of rotatable bonds is 5. The van der Waals surface area contributed by atoms with Gasteiger partial charge in [-0.25, -0.2) is 0 Å². The van der Waals surface area contributed by atoms with E-state index >= 15 is 0 Å². The molecule has 0 spiro atoms. The molecule has 0 aliphatic carbocycles. The summed E-state index contributed by atoms with van der Waals surface area (Å²) in [7, 11) is 0. The maximum atomic E-state index is 12.0. The van der Waals surface area contributed by atoms with Gasteiger partial charge in [0, 0.05) is 19.6 Å². The summed E-state index contributed by atoms with van der Waals surface area (Å²) in [6, 6.07) is 7.74. The smallest absolute Gasteiger partial charge is 0.237 e. The van der Waals surface area contributed by atoms with Crippen molar-refractivity contribution in [2.75, 3.05) is 32.8 Å². The van der Waals surface area contributed by atoms with Crippen molar-refractivity contribution in [3.63, 3.8) is 0 Å². The van der Waals surface area contributed by atoms with Crippen molar-refractivity contribution in [1.29, 1.82) is 0 Å². The van der Waals surface area contributed by atoms with Crippen LogP contribution in [0.2, 0.25) is 0 Å². The van der Waals surface area contributed by atoms with Crippen LogP contribution < -0.4 is 11.1 Å². The van der Waals surface area contributed by atoms with Gasteiger partial charge < -0.3 is 15.8 Å². The predicted molar refractivity (Wildman–Crippen MR) is 97.5 cm³/mol. The highest BCUT2D eigenvalue weighted by molar-refractivity contribution is 5.85. The number of morpholine rings is 1. The van der Waals surface area contributed by atoms with E-state index < -0.39 is 6.04 Å². The summed E-state index contributed by atoms with van der Waals surface area (Å²) in [4.78, 5) is 14.3. The highest BCUT2D eigenvalue weighted by atomic mass is 35.5. The number of hydrogen-bond donors (Lipinski definition) is 2. The van der Waals surface area contributed by atoms with Crippen LogP contribution in [0.15, 0.2) is 24.3 Å². The van der Waals surface area contributed by atoms with Crippen molar-refractivity contribution in [1.82, 2.24) is 10.2 Å². The molecule has 0 aromatic heterocycles. The lowest BCUT2D eigenvalue weighted by atomic mass is 10.0. The van der Waals surface area contributed by atoms with Gasteiger partial charge in [-0.3, -0.25) is 9.69 Å². The van der Waals surface area contributed by atoms with E-state index in [1.54, 1.807) is 6.92 Å². The summed E-state index contributed by atoms with van der Waals surface area (Å²) in [6.45, 7) is 7.85. The minimum atomic E-state index is -0.498. The quantitative estimate of drug-likeness (QED) is 0.834. The van der Waals surface area contributed by atoms with Crippen LogP contribution in [0.5, 0.6) is 0 Å². The molecule has 2 atom stereocenters. The Labute approximate surface area is 150 Å². The SMILES string of the molecule is Cc1ccc(C(CN2CCOCC2)NC(=O)[C@@H](C)N)cc1.Cl.Cl. The molecule has 7 heteroatoms. The maximum Gasteiger partial charge on any atom is 0.237 e. The first kappa shape index (κ1) is 22.1. The Balaban J connectivity index is 0.00000242. The van der Waals surface area contributed by atoms with Crippen LogP contribution >= 0.6 is 24.8 Å². The number of carbonyl (C=O) groups excluding carboxylic acids is 1. The molecule has 1 fully saturated rings. The van der Waals surface area contributed by atoms with E-state index in [4.69, 9.17) is 10.5 Å². The summed E-state index contributed by atoms with van der Waals surface area (Å²) in [5, 5.41) is 3.05. The van der Waals surface area contributed by atoms with Crippen molar-refractivity contribution in [2.24, 2.45) is 5.73 Å². The predicted octanol–water partition coefficient (Wildman–Crippen LogP) is 1.68. The Morgan fingerprint density at radius 3 is 2.35 bits per heavy atom.